The molecule has 0 spiro atoms. The van der Waals surface area contributed by atoms with E-state index in [4.69, 9.17) is 4.74 Å². The summed E-state index contributed by atoms with van der Waals surface area (Å²) in [7, 11) is 0.325. The molecule has 8 nitrogen and oxygen atoms in total. The van der Waals surface area contributed by atoms with Crippen molar-refractivity contribution in [3.8, 4) is 22.6 Å². The number of carbonyl (C=O) groups is 1. The van der Waals surface area contributed by atoms with Crippen LogP contribution in [0.1, 0.15) is 53.9 Å². The molecule has 0 aliphatic rings. The lowest BCUT2D eigenvalue weighted by atomic mass is 10.0. The van der Waals surface area contributed by atoms with Gasteiger partial charge < -0.3 is 24.3 Å². The van der Waals surface area contributed by atoms with Crippen molar-refractivity contribution in [2.75, 3.05) is 15.8 Å². The highest BCUT2D eigenvalue weighted by Gasteiger charge is 2.20. The maximum Gasteiger partial charge on any atom is 0.274 e. The highest BCUT2D eigenvalue weighted by atomic mass is 32.2. The van der Waals surface area contributed by atoms with Gasteiger partial charge in [0, 0.05) is 46.9 Å². The number of hydrogen-bond donors (Lipinski definition) is 3. The Morgan fingerprint density at radius 3 is 2.30 bits per heavy atom. The third-order valence-corrected chi connectivity index (χ3v) is 8.43. The number of rotatable bonds is 9. The summed E-state index contributed by atoms with van der Waals surface area (Å²) in [5, 5.41) is 3.41. The second-order valence-electron chi connectivity index (χ2n) is 11.1. The van der Waals surface area contributed by atoms with Gasteiger partial charge in [0.2, 0.25) is 0 Å². The molecule has 0 aliphatic heterocycles. The summed E-state index contributed by atoms with van der Waals surface area (Å²) in [6.45, 7) is 9.54. The molecule has 3 N–H and O–H groups in total. The fourth-order valence-corrected chi connectivity index (χ4v) is 5.62. The van der Waals surface area contributed by atoms with Crippen LogP contribution in [0.25, 0.3) is 22.0 Å². The van der Waals surface area contributed by atoms with Crippen LogP contribution in [-0.4, -0.2) is 25.4 Å². The van der Waals surface area contributed by atoms with Crippen LogP contribution in [0.2, 0.25) is 0 Å². The van der Waals surface area contributed by atoms with E-state index in [2.05, 4.69) is 28.9 Å². The summed E-state index contributed by atoms with van der Waals surface area (Å²) in [5.74, 6) is 0.959. The number of anilines is 2. The molecule has 1 amide bonds. The molecule has 10 heteroatoms. The number of H-pyrrole nitrogens is 1. The number of ether oxygens (including phenoxy) is 1. The Morgan fingerprint density at radius 2 is 1.66 bits per heavy atom. The molecular formula is C34H35FN4O4S. The van der Waals surface area contributed by atoms with E-state index in [1.165, 1.54) is 16.7 Å². The Bertz CT molecular complexity index is 1940. The zero-order chi connectivity index (χ0) is 31.7. The number of halogens is 1. The van der Waals surface area contributed by atoms with Crippen molar-refractivity contribution < 1.29 is 18.1 Å². The lowest BCUT2D eigenvalue weighted by molar-refractivity contribution is 0.102. The zero-order valence-corrected chi connectivity index (χ0v) is 26.3. The summed E-state index contributed by atoms with van der Waals surface area (Å²) in [6, 6.07) is 17.4. The number of aromatic amines is 1. The zero-order valence-electron chi connectivity index (χ0n) is 25.5. The van der Waals surface area contributed by atoms with Gasteiger partial charge in [-0.3, -0.25) is 9.59 Å². The molecule has 0 radical (unpaired) electrons. The Hall–Kier alpha value is -4.70. The van der Waals surface area contributed by atoms with Crippen LogP contribution < -0.4 is 20.3 Å². The number of carbonyl (C=O) groups excluding carboxylic acids is 1. The summed E-state index contributed by atoms with van der Waals surface area (Å²) < 4.78 is 37.2. The van der Waals surface area contributed by atoms with Crippen LogP contribution in [0, 0.1) is 19.7 Å². The lowest BCUT2D eigenvalue weighted by Crippen LogP contribution is -2.17. The lowest BCUT2D eigenvalue weighted by Gasteiger charge is -2.17. The van der Waals surface area contributed by atoms with Crippen molar-refractivity contribution >= 4 is 39.2 Å². The number of fused-ring (bicyclic) bond motifs is 1. The molecule has 228 valence electrons. The largest absolute Gasteiger partial charge is 0.456 e. The minimum Gasteiger partial charge on any atom is -0.456 e. The highest BCUT2D eigenvalue weighted by molar-refractivity contribution is 7.86. The van der Waals surface area contributed by atoms with Gasteiger partial charge in [-0.05, 0) is 85.0 Å². The number of hydrogen-bond acceptors (Lipinski definition) is 4. The Balaban J connectivity index is 1.63. The maximum atomic E-state index is 14.0. The van der Waals surface area contributed by atoms with Crippen molar-refractivity contribution in [2.24, 2.45) is 7.05 Å². The molecule has 44 heavy (non-hydrogen) atoms. The average Bonchev–Trinajstić information content (AvgIpc) is 3.44. The number of nitrogens with zero attached hydrogens (tertiary/aromatic N) is 1. The van der Waals surface area contributed by atoms with Crippen molar-refractivity contribution in [3.05, 3.63) is 105 Å². The monoisotopic (exact) mass is 614 g/mol. The Kier molecular flexibility index (Phi) is 8.73. The number of benzene rings is 3. The minimum atomic E-state index is -1.31. The summed E-state index contributed by atoms with van der Waals surface area (Å²) in [5.41, 5.74) is 4.97. The van der Waals surface area contributed by atoms with E-state index < -0.39 is 16.9 Å². The van der Waals surface area contributed by atoms with Crippen molar-refractivity contribution in [1.29, 1.82) is 0 Å². The van der Waals surface area contributed by atoms with Gasteiger partial charge in [-0.2, -0.15) is 0 Å². The van der Waals surface area contributed by atoms with Gasteiger partial charge in [-0.15, -0.1) is 0 Å². The van der Waals surface area contributed by atoms with Crippen molar-refractivity contribution in [1.82, 2.24) is 9.55 Å². The Morgan fingerprint density at radius 1 is 1.00 bits per heavy atom. The number of aryl methyl sites for hydroxylation is 3. The van der Waals surface area contributed by atoms with Crippen LogP contribution in [0.4, 0.5) is 15.8 Å². The molecule has 3 aromatic carbocycles. The van der Waals surface area contributed by atoms with E-state index in [0.29, 0.717) is 62.2 Å². The van der Waals surface area contributed by atoms with Crippen LogP contribution in [0.15, 0.2) is 71.7 Å². The fraction of sp³-hybridized carbons (Fsp3) is 0.235. The molecule has 0 aliphatic carbocycles. The summed E-state index contributed by atoms with van der Waals surface area (Å²) >= 11 is 0. The topological polar surface area (TPSA) is 105 Å². The van der Waals surface area contributed by atoms with Crippen molar-refractivity contribution in [3.63, 3.8) is 0 Å². The van der Waals surface area contributed by atoms with E-state index in [1.54, 1.807) is 51.4 Å². The fourth-order valence-electron chi connectivity index (χ4n) is 5.09. The molecule has 1 unspecified atom stereocenters. The normalized spacial score (nSPS) is 12.0. The standard InChI is InChI=1S/C34H35FN4O4S/c1-7-44(42)38-25-12-13-30(43-32-20(4)14-23(35)15-21(32)5)26(16-25)28-18-39(6)34(41)31-27(28)17-29(37-31)33(40)36-24-10-8-22(9-11-24)19(2)3/h8-19,37-38H,7H2,1-6H3,(H,36,40). The molecule has 0 bridgehead atoms. The summed E-state index contributed by atoms with van der Waals surface area (Å²) in [4.78, 5) is 29.6. The molecule has 5 rings (SSSR count). The molecule has 1 atom stereocenters. The van der Waals surface area contributed by atoms with Gasteiger partial charge in [0.1, 0.15) is 39.5 Å². The molecule has 5 aromatic rings. The van der Waals surface area contributed by atoms with E-state index in [0.717, 1.165) is 5.56 Å². The number of aromatic nitrogens is 2. The van der Waals surface area contributed by atoms with Gasteiger partial charge in [0.15, 0.2) is 0 Å². The third-order valence-electron chi connectivity index (χ3n) is 7.45. The van der Waals surface area contributed by atoms with Gasteiger partial charge in [0.05, 0.1) is 0 Å². The quantitative estimate of drug-likeness (QED) is 0.159. The van der Waals surface area contributed by atoms with E-state index >= 15 is 0 Å². The van der Waals surface area contributed by atoms with Crippen LogP contribution in [-0.2, 0) is 18.0 Å². The molecule has 2 heterocycles. The van der Waals surface area contributed by atoms with Gasteiger partial charge in [-0.25, -0.2) is 8.60 Å². The van der Waals surface area contributed by atoms with Gasteiger partial charge in [0.25, 0.3) is 11.5 Å². The van der Waals surface area contributed by atoms with Gasteiger partial charge in [-0.1, -0.05) is 32.9 Å². The van der Waals surface area contributed by atoms with E-state index in [1.807, 2.05) is 31.2 Å². The van der Waals surface area contributed by atoms with Gasteiger partial charge >= 0.3 is 0 Å². The summed E-state index contributed by atoms with van der Waals surface area (Å²) in [6.07, 6.45) is 1.68. The molecule has 0 fully saturated rings. The second kappa shape index (κ2) is 12.5. The van der Waals surface area contributed by atoms with Crippen LogP contribution in [0.5, 0.6) is 11.5 Å². The first kappa shape index (κ1) is 30.7. The van der Waals surface area contributed by atoms with Crippen molar-refractivity contribution in [2.45, 2.75) is 40.5 Å². The smallest absolute Gasteiger partial charge is 0.274 e. The molecule has 0 saturated carbocycles. The molecule has 0 saturated heterocycles. The molecule has 2 aromatic heterocycles. The number of pyridine rings is 1. The second-order valence-corrected chi connectivity index (χ2v) is 12.6. The maximum absolute atomic E-state index is 14.0. The van der Waals surface area contributed by atoms with Crippen LogP contribution >= 0.6 is 0 Å². The van der Waals surface area contributed by atoms with Crippen LogP contribution in [0.3, 0.4) is 0 Å². The first-order chi connectivity index (χ1) is 20.9. The number of amides is 1. The predicted molar refractivity (Wildman–Crippen MR) is 176 cm³/mol. The highest BCUT2D eigenvalue weighted by Crippen LogP contribution is 2.40. The minimum absolute atomic E-state index is 0.214. The van der Waals surface area contributed by atoms with E-state index in [9.17, 15) is 18.2 Å². The first-order valence-corrected chi connectivity index (χ1v) is 15.6. The predicted octanol–water partition coefficient (Wildman–Crippen LogP) is 7.55. The SMILES string of the molecule is CCS(=O)Nc1ccc(Oc2c(C)cc(F)cc2C)c(-c2cn(C)c(=O)c3[nH]c(C(=O)Nc4ccc(C(C)C)cc4)cc23)c1. The number of nitrogens with one attached hydrogen (secondary N) is 3. The average molecular weight is 615 g/mol. The molecular weight excluding hydrogens is 579 g/mol. The Labute approximate surface area is 257 Å². The third kappa shape index (κ3) is 6.30. The van der Waals surface area contributed by atoms with E-state index in [-0.39, 0.29) is 22.6 Å². The first-order valence-electron chi connectivity index (χ1n) is 14.3.